The van der Waals surface area contributed by atoms with E-state index in [0.29, 0.717) is 12.2 Å². The van der Waals surface area contributed by atoms with E-state index in [4.69, 9.17) is 4.74 Å². The van der Waals surface area contributed by atoms with E-state index in [1.54, 1.807) is 13.0 Å². The fraction of sp³-hybridized carbons (Fsp3) is 0.500. The van der Waals surface area contributed by atoms with Gasteiger partial charge in [-0.1, -0.05) is 12.2 Å². The minimum absolute atomic E-state index is 0.237. The van der Waals surface area contributed by atoms with Crippen LogP contribution < -0.4 is 0 Å². The van der Waals surface area contributed by atoms with Gasteiger partial charge in [-0.15, -0.1) is 0 Å². The highest BCUT2D eigenvalue weighted by molar-refractivity contribution is 5.87. The smallest absolute Gasteiger partial charge is 0.333 e. The van der Waals surface area contributed by atoms with Crippen LogP contribution in [0.3, 0.4) is 0 Å². The van der Waals surface area contributed by atoms with Crippen molar-refractivity contribution in [3.63, 3.8) is 0 Å². The second-order valence-corrected chi connectivity index (χ2v) is 2.68. The number of hydrogen-bond donors (Lipinski definition) is 0. The standard InChI is InChI=1S/C10H16O2/c1-5-8(3)7-12-10(11)9(4)6-2/h5-6H,7H2,1-4H3/b8-5-,9-6-. The molecule has 0 aromatic rings. The van der Waals surface area contributed by atoms with E-state index in [0.717, 1.165) is 5.57 Å². The summed E-state index contributed by atoms with van der Waals surface area (Å²) in [6.45, 7) is 7.80. The Hall–Kier alpha value is -1.05. The molecule has 0 spiro atoms. The maximum Gasteiger partial charge on any atom is 0.333 e. The molecule has 2 heteroatoms. The van der Waals surface area contributed by atoms with E-state index in [1.165, 1.54) is 0 Å². The first-order valence-electron chi connectivity index (χ1n) is 4.03. The normalized spacial score (nSPS) is 13.0. The Morgan fingerprint density at radius 3 is 2.25 bits per heavy atom. The average Bonchev–Trinajstić information content (AvgIpc) is 2.11. The van der Waals surface area contributed by atoms with Crippen LogP contribution in [0.5, 0.6) is 0 Å². The molecule has 0 heterocycles. The van der Waals surface area contributed by atoms with Crippen LogP contribution in [0.2, 0.25) is 0 Å². The SMILES string of the molecule is C/C=C(/C)COC(=O)/C(C)=C\C. The Morgan fingerprint density at radius 1 is 1.25 bits per heavy atom. The lowest BCUT2D eigenvalue weighted by atomic mass is 10.3. The van der Waals surface area contributed by atoms with Crippen LogP contribution in [-0.4, -0.2) is 12.6 Å². The van der Waals surface area contributed by atoms with Crippen LogP contribution in [0.1, 0.15) is 27.7 Å². The molecule has 0 saturated heterocycles. The molecule has 0 rings (SSSR count). The van der Waals surface area contributed by atoms with Gasteiger partial charge in [0.1, 0.15) is 6.61 Å². The minimum Gasteiger partial charge on any atom is -0.458 e. The Labute approximate surface area is 73.9 Å². The van der Waals surface area contributed by atoms with Crippen molar-refractivity contribution in [2.45, 2.75) is 27.7 Å². The van der Waals surface area contributed by atoms with Crippen molar-refractivity contribution < 1.29 is 9.53 Å². The number of ether oxygens (including phenoxy) is 1. The molecule has 0 aliphatic rings. The molecule has 0 fully saturated rings. The second kappa shape index (κ2) is 5.58. The highest BCUT2D eigenvalue weighted by atomic mass is 16.5. The molecule has 0 unspecified atom stereocenters. The monoisotopic (exact) mass is 168 g/mol. The highest BCUT2D eigenvalue weighted by Crippen LogP contribution is 1.99. The van der Waals surface area contributed by atoms with Gasteiger partial charge in [-0.05, 0) is 33.3 Å². The number of carbonyl (C=O) groups is 1. The molecular formula is C10H16O2. The van der Waals surface area contributed by atoms with Gasteiger partial charge < -0.3 is 4.74 Å². The first-order chi connectivity index (χ1) is 5.61. The van der Waals surface area contributed by atoms with Gasteiger partial charge in [0.25, 0.3) is 0 Å². The van der Waals surface area contributed by atoms with Gasteiger partial charge in [0.05, 0.1) is 0 Å². The van der Waals surface area contributed by atoms with Crippen molar-refractivity contribution in [2.24, 2.45) is 0 Å². The third-order valence-electron chi connectivity index (χ3n) is 1.68. The Kier molecular flexibility index (Phi) is 5.09. The van der Waals surface area contributed by atoms with E-state index >= 15 is 0 Å². The molecule has 68 valence electrons. The van der Waals surface area contributed by atoms with Gasteiger partial charge in [-0.3, -0.25) is 0 Å². The number of allylic oxidation sites excluding steroid dienone is 2. The summed E-state index contributed by atoms with van der Waals surface area (Å²) in [7, 11) is 0. The lowest BCUT2D eigenvalue weighted by Crippen LogP contribution is -2.07. The maximum atomic E-state index is 11.1. The number of carbonyl (C=O) groups excluding carboxylic acids is 1. The molecule has 0 bridgehead atoms. The van der Waals surface area contributed by atoms with Crippen LogP contribution in [-0.2, 0) is 9.53 Å². The molecule has 12 heavy (non-hydrogen) atoms. The van der Waals surface area contributed by atoms with Gasteiger partial charge in [0.15, 0.2) is 0 Å². The van der Waals surface area contributed by atoms with Crippen LogP contribution in [0, 0.1) is 0 Å². The van der Waals surface area contributed by atoms with Gasteiger partial charge in [-0.25, -0.2) is 4.79 Å². The Balaban J connectivity index is 3.88. The van der Waals surface area contributed by atoms with Gasteiger partial charge in [0.2, 0.25) is 0 Å². The van der Waals surface area contributed by atoms with Gasteiger partial charge >= 0.3 is 5.97 Å². The molecule has 0 aliphatic heterocycles. The summed E-state index contributed by atoms with van der Waals surface area (Å²) < 4.78 is 4.97. The van der Waals surface area contributed by atoms with Gasteiger partial charge in [-0.2, -0.15) is 0 Å². The average molecular weight is 168 g/mol. The van der Waals surface area contributed by atoms with E-state index in [-0.39, 0.29) is 5.97 Å². The summed E-state index contributed by atoms with van der Waals surface area (Å²) in [4.78, 5) is 11.1. The van der Waals surface area contributed by atoms with Crippen molar-refractivity contribution in [1.29, 1.82) is 0 Å². The van der Waals surface area contributed by atoms with Crippen molar-refractivity contribution in [3.05, 3.63) is 23.3 Å². The van der Waals surface area contributed by atoms with Crippen molar-refractivity contribution in [1.82, 2.24) is 0 Å². The molecule has 2 nitrogen and oxygen atoms in total. The quantitative estimate of drug-likeness (QED) is 0.367. The zero-order chi connectivity index (χ0) is 9.56. The largest absolute Gasteiger partial charge is 0.458 e. The molecule has 0 radical (unpaired) electrons. The number of esters is 1. The number of hydrogen-bond acceptors (Lipinski definition) is 2. The molecule has 0 saturated carbocycles. The fourth-order valence-electron chi connectivity index (χ4n) is 0.494. The summed E-state index contributed by atoms with van der Waals surface area (Å²) in [5.41, 5.74) is 1.71. The van der Waals surface area contributed by atoms with Crippen molar-refractivity contribution in [3.8, 4) is 0 Å². The highest BCUT2D eigenvalue weighted by Gasteiger charge is 2.03. The van der Waals surface area contributed by atoms with Crippen LogP contribution in [0.25, 0.3) is 0 Å². The number of rotatable bonds is 3. The summed E-state index contributed by atoms with van der Waals surface area (Å²) in [6.07, 6.45) is 3.67. The molecule has 0 N–H and O–H groups in total. The molecule has 0 aromatic carbocycles. The predicted molar refractivity (Wildman–Crippen MR) is 49.8 cm³/mol. The van der Waals surface area contributed by atoms with Crippen molar-refractivity contribution >= 4 is 5.97 Å². The van der Waals surface area contributed by atoms with Crippen LogP contribution in [0.4, 0.5) is 0 Å². The minimum atomic E-state index is -0.237. The lowest BCUT2D eigenvalue weighted by Gasteiger charge is -2.03. The fourth-order valence-corrected chi connectivity index (χ4v) is 0.494. The zero-order valence-electron chi connectivity index (χ0n) is 8.18. The molecule has 0 atom stereocenters. The predicted octanol–water partition coefficient (Wildman–Crippen LogP) is 2.46. The van der Waals surface area contributed by atoms with Crippen LogP contribution >= 0.6 is 0 Å². The summed E-state index contributed by atoms with van der Waals surface area (Å²) in [5, 5.41) is 0. The van der Waals surface area contributed by atoms with E-state index < -0.39 is 0 Å². The second-order valence-electron chi connectivity index (χ2n) is 2.68. The molecule has 0 aromatic heterocycles. The molecule has 0 aliphatic carbocycles. The van der Waals surface area contributed by atoms with E-state index in [9.17, 15) is 4.79 Å². The van der Waals surface area contributed by atoms with Crippen molar-refractivity contribution in [2.75, 3.05) is 6.61 Å². The van der Waals surface area contributed by atoms with E-state index in [2.05, 4.69) is 0 Å². The zero-order valence-corrected chi connectivity index (χ0v) is 8.18. The molecular weight excluding hydrogens is 152 g/mol. The third-order valence-corrected chi connectivity index (χ3v) is 1.68. The first-order valence-corrected chi connectivity index (χ1v) is 4.03. The lowest BCUT2D eigenvalue weighted by molar-refractivity contribution is -0.138. The van der Waals surface area contributed by atoms with Gasteiger partial charge in [0, 0.05) is 5.57 Å². The van der Waals surface area contributed by atoms with E-state index in [1.807, 2.05) is 26.8 Å². The molecule has 0 amide bonds. The first kappa shape index (κ1) is 11.0. The van der Waals surface area contributed by atoms with Crippen LogP contribution in [0.15, 0.2) is 23.3 Å². The summed E-state index contributed by atoms with van der Waals surface area (Å²) >= 11 is 0. The third kappa shape index (κ3) is 3.96. The Morgan fingerprint density at radius 2 is 1.83 bits per heavy atom. The maximum absolute atomic E-state index is 11.1. The summed E-state index contributed by atoms with van der Waals surface area (Å²) in [6, 6.07) is 0. The Bertz CT molecular complexity index is 212. The summed E-state index contributed by atoms with van der Waals surface area (Å²) in [5.74, 6) is -0.237. The topological polar surface area (TPSA) is 26.3 Å².